The van der Waals surface area contributed by atoms with Gasteiger partial charge < -0.3 is 5.32 Å². The van der Waals surface area contributed by atoms with Crippen LogP contribution >= 0.6 is 0 Å². The van der Waals surface area contributed by atoms with Gasteiger partial charge in [0.2, 0.25) is 0 Å². The van der Waals surface area contributed by atoms with Gasteiger partial charge in [0.05, 0.1) is 5.69 Å². The van der Waals surface area contributed by atoms with Crippen molar-refractivity contribution in [2.45, 2.75) is 20.4 Å². The summed E-state index contributed by atoms with van der Waals surface area (Å²) in [6, 6.07) is 1.99. The van der Waals surface area contributed by atoms with Gasteiger partial charge in [0.25, 0.3) is 0 Å². The van der Waals surface area contributed by atoms with E-state index in [1.54, 1.807) is 0 Å². The summed E-state index contributed by atoms with van der Waals surface area (Å²) in [5, 5.41) is 3.08. The Kier molecular flexibility index (Phi) is 2.21. The monoisotopic (exact) mass is 190 g/mol. The van der Waals surface area contributed by atoms with Crippen molar-refractivity contribution in [2.75, 3.05) is 7.05 Å². The molecule has 0 saturated carbocycles. The fourth-order valence-electron chi connectivity index (χ4n) is 1.60. The highest BCUT2D eigenvalue weighted by Crippen LogP contribution is 2.08. The van der Waals surface area contributed by atoms with Crippen LogP contribution in [0.2, 0.25) is 0 Å². The molecule has 0 saturated heterocycles. The van der Waals surface area contributed by atoms with Crippen molar-refractivity contribution in [3.8, 4) is 0 Å². The molecule has 0 unspecified atom stereocenters. The van der Waals surface area contributed by atoms with E-state index < -0.39 is 0 Å². The number of fused-ring (bicyclic) bond motifs is 1. The molecule has 0 aromatic carbocycles. The molecule has 0 bridgehead atoms. The molecule has 0 aliphatic carbocycles. The largest absolute Gasteiger partial charge is 0.314 e. The van der Waals surface area contributed by atoms with Crippen LogP contribution in [0.1, 0.15) is 17.2 Å². The molecule has 0 aliphatic rings. The number of nitrogens with one attached hydrogen (secondary N) is 1. The van der Waals surface area contributed by atoms with Gasteiger partial charge in [-0.1, -0.05) is 0 Å². The maximum absolute atomic E-state index is 4.48. The first kappa shape index (κ1) is 9.15. The molecule has 0 aliphatic heterocycles. The number of rotatable bonds is 2. The molecule has 4 nitrogen and oxygen atoms in total. The zero-order valence-corrected chi connectivity index (χ0v) is 8.70. The van der Waals surface area contributed by atoms with Crippen molar-refractivity contribution < 1.29 is 0 Å². The second-order valence-electron chi connectivity index (χ2n) is 3.44. The number of nitrogens with zero attached hydrogens (tertiary/aromatic N) is 3. The van der Waals surface area contributed by atoms with Crippen LogP contribution in [0.4, 0.5) is 0 Å². The summed E-state index contributed by atoms with van der Waals surface area (Å²) in [7, 11) is 1.92. The van der Waals surface area contributed by atoms with Gasteiger partial charge in [0, 0.05) is 24.5 Å². The molecule has 0 radical (unpaired) electrons. The molecule has 0 fully saturated rings. The summed E-state index contributed by atoms with van der Waals surface area (Å²) in [5.41, 5.74) is 3.03. The molecule has 14 heavy (non-hydrogen) atoms. The molecular formula is C10H14N4. The Bertz CT molecular complexity index is 458. The average molecular weight is 190 g/mol. The molecule has 0 atom stereocenters. The maximum atomic E-state index is 4.48. The SMILES string of the molecule is CNCc1cn2c(C)nc(C)cc2n1. The Morgan fingerprint density at radius 3 is 2.86 bits per heavy atom. The van der Waals surface area contributed by atoms with E-state index in [0.717, 1.165) is 29.4 Å². The third-order valence-electron chi connectivity index (χ3n) is 2.17. The van der Waals surface area contributed by atoms with Gasteiger partial charge in [-0.05, 0) is 20.9 Å². The van der Waals surface area contributed by atoms with E-state index in [4.69, 9.17) is 0 Å². The van der Waals surface area contributed by atoms with Crippen LogP contribution in [0.3, 0.4) is 0 Å². The van der Waals surface area contributed by atoms with E-state index in [2.05, 4.69) is 15.3 Å². The molecule has 0 amide bonds. The van der Waals surface area contributed by atoms with Crippen LogP contribution in [0.15, 0.2) is 12.3 Å². The summed E-state index contributed by atoms with van der Waals surface area (Å²) in [4.78, 5) is 8.86. The second kappa shape index (κ2) is 3.38. The number of hydrogen-bond acceptors (Lipinski definition) is 3. The number of aromatic nitrogens is 3. The molecule has 2 rings (SSSR count). The maximum Gasteiger partial charge on any atom is 0.140 e. The van der Waals surface area contributed by atoms with E-state index in [9.17, 15) is 0 Å². The standard InChI is InChI=1S/C10H14N4/c1-7-4-10-13-9(5-11-3)6-14(10)8(2)12-7/h4,6,11H,5H2,1-3H3. The first-order chi connectivity index (χ1) is 6.70. The van der Waals surface area contributed by atoms with Crippen molar-refractivity contribution in [3.63, 3.8) is 0 Å². The Labute approximate surface area is 83.0 Å². The lowest BCUT2D eigenvalue weighted by atomic mass is 10.4. The number of aryl methyl sites for hydroxylation is 2. The van der Waals surface area contributed by atoms with Gasteiger partial charge in [-0.25, -0.2) is 9.97 Å². The molecule has 1 N–H and O–H groups in total. The van der Waals surface area contributed by atoms with Crippen molar-refractivity contribution in [1.29, 1.82) is 0 Å². The molecule has 4 heteroatoms. The summed E-state index contributed by atoms with van der Waals surface area (Å²) >= 11 is 0. The molecule has 74 valence electrons. The minimum atomic E-state index is 0.792. The lowest BCUT2D eigenvalue weighted by Crippen LogP contribution is -2.04. The van der Waals surface area contributed by atoms with E-state index in [1.807, 2.05) is 37.6 Å². The number of imidazole rings is 1. The summed E-state index contributed by atoms with van der Waals surface area (Å²) in [6.07, 6.45) is 2.02. The molecule has 2 aromatic heterocycles. The topological polar surface area (TPSA) is 42.2 Å². The Balaban J connectivity index is 2.58. The second-order valence-corrected chi connectivity index (χ2v) is 3.44. The predicted octanol–water partition coefficient (Wildman–Crippen LogP) is 1.07. The highest BCUT2D eigenvalue weighted by atomic mass is 15.1. The first-order valence-corrected chi connectivity index (χ1v) is 4.67. The molecule has 2 aromatic rings. The van der Waals surface area contributed by atoms with Crippen molar-refractivity contribution in [2.24, 2.45) is 0 Å². The van der Waals surface area contributed by atoms with Crippen molar-refractivity contribution >= 4 is 5.65 Å². The van der Waals surface area contributed by atoms with Crippen molar-refractivity contribution in [3.05, 3.63) is 29.5 Å². The highest BCUT2D eigenvalue weighted by Gasteiger charge is 2.03. The van der Waals surface area contributed by atoms with Gasteiger partial charge in [0.1, 0.15) is 11.5 Å². The highest BCUT2D eigenvalue weighted by molar-refractivity contribution is 5.41. The molecule has 2 heterocycles. The smallest absolute Gasteiger partial charge is 0.140 e. The lowest BCUT2D eigenvalue weighted by Gasteiger charge is -1.98. The number of hydrogen-bond donors (Lipinski definition) is 1. The van der Waals surface area contributed by atoms with Crippen molar-refractivity contribution in [1.82, 2.24) is 19.7 Å². The normalized spacial score (nSPS) is 11.1. The fraction of sp³-hybridized carbons (Fsp3) is 0.400. The average Bonchev–Trinajstić information content (AvgIpc) is 2.48. The lowest BCUT2D eigenvalue weighted by molar-refractivity contribution is 0.797. The minimum absolute atomic E-state index is 0.792. The van der Waals surface area contributed by atoms with E-state index in [-0.39, 0.29) is 0 Å². The zero-order valence-electron chi connectivity index (χ0n) is 8.70. The Hall–Kier alpha value is -1.42. The summed E-state index contributed by atoms with van der Waals surface area (Å²) in [6.45, 7) is 4.77. The Morgan fingerprint density at radius 2 is 2.14 bits per heavy atom. The van der Waals surface area contributed by atoms with Crippen LogP contribution in [0, 0.1) is 13.8 Å². The fourth-order valence-corrected chi connectivity index (χ4v) is 1.60. The van der Waals surface area contributed by atoms with Gasteiger partial charge >= 0.3 is 0 Å². The van der Waals surface area contributed by atoms with E-state index >= 15 is 0 Å². The van der Waals surface area contributed by atoms with Crippen LogP contribution in [0.5, 0.6) is 0 Å². The van der Waals surface area contributed by atoms with Crippen LogP contribution in [0.25, 0.3) is 5.65 Å². The molecular weight excluding hydrogens is 176 g/mol. The summed E-state index contributed by atoms with van der Waals surface area (Å²) in [5.74, 6) is 0.981. The minimum Gasteiger partial charge on any atom is -0.314 e. The Morgan fingerprint density at radius 1 is 1.36 bits per heavy atom. The third kappa shape index (κ3) is 1.48. The van der Waals surface area contributed by atoms with Crippen LogP contribution < -0.4 is 5.32 Å². The first-order valence-electron chi connectivity index (χ1n) is 4.67. The zero-order chi connectivity index (χ0) is 10.1. The van der Waals surface area contributed by atoms with Gasteiger partial charge in [-0.2, -0.15) is 0 Å². The van der Waals surface area contributed by atoms with Crippen LogP contribution in [-0.2, 0) is 6.54 Å². The summed E-state index contributed by atoms with van der Waals surface area (Å²) < 4.78 is 2.01. The quantitative estimate of drug-likeness (QED) is 0.770. The van der Waals surface area contributed by atoms with Gasteiger partial charge in [0.15, 0.2) is 0 Å². The van der Waals surface area contributed by atoms with E-state index in [0.29, 0.717) is 0 Å². The van der Waals surface area contributed by atoms with Gasteiger partial charge in [-0.3, -0.25) is 4.40 Å². The third-order valence-corrected chi connectivity index (χ3v) is 2.17. The predicted molar refractivity (Wildman–Crippen MR) is 55.2 cm³/mol. The van der Waals surface area contributed by atoms with E-state index in [1.165, 1.54) is 0 Å². The molecule has 0 spiro atoms. The van der Waals surface area contributed by atoms with Crippen LogP contribution in [-0.4, -0.2) is 21.4 Å². The van der Waals surface area contributed by atoms with Gasteiger partial charge in [-0.15, -0.1) is 0 Å².